The van der Waals surface area contributed by atoms with E-state index in [0.29, 0.717) is 5.13 Å². The molecule has 146 valence electrons. The van der Waals surface area contributed by atoms with E-state index in [9.17, 15) is 8.42 Å². The van der Waals surface area contributed by atoms with E-state index in [-0.39, 0.29) is 15.5 Å². The first-order chi connectivity index (χ1) is 12.9. The zero-order valence-electron chi connectivity index (χ0n) is 15.1. The van der Waals surface area contributed by atoms with E-state index in [2.05, 4.69) is 26.8 Å². The van der Waals surface area contributed by atoms with E-state index in [1.165, 1.54) is 43.7 Å². The van der Waals surface area contributed by atoms with Crippen molar-refractivity contribution in [2.75, 3.05) is 29.7 Å². The number of rotatable bonds is 6. The fraction of sp³-hybridized carbons (Fsp3) is 0.500. The molecule has 3 heterocycles. The lowest BCUT2D eigenvalue weighted by atomic mass is 9.90. The Morgan fingerprint density at radius 3 is 3.04 bits per heavy atom. The third-order valence-corrected chi connectivity index (χ3v) is 8.14. The number of nitrogens with one attached hydrogen (secondary N) is 2. The lowest BCUT2D eigenvalue weighted by molar-refractivity contribution is 0.209. The third-order valence-electron chi connectivity index (χ3n) is 5.50. The molecule has 0 saturated carbocycles. The largest absolute Gasteiger partial charge is 0.383 e. The molecule has 2 saturated heterocycles. The van der Waals surface area contributed by atoms with Gasteiger partial charge in [0, 0.05) is 35.9 Å². The number of thiazole rings is 1. The molecule has 0 radical (unpaired) electrons. The highest BCUT2D eigenvalue weighted by atomic mass is 35.5. The number of sulfonamides is 1. The van der Waals surface area contributed by atoms with Crippen LogP contribution >= 0.6 is 22.9 Å². The first kappa shape index (κ1) is 19.0. The predicted octanol–water partition coefficient (Wildman–Crippen LogP) is 3.88. The highest BCUT2D eigenvalue weighted by Gasteiger charge is 2.46. The van der Waals surface area contributed by atoms with Gasteiger partial charge in [-0.3, -0.25) is 9.62 Å². The summed E-state index contributed by atoms with van der Waals surface area (Å²) in [6.45, 7) is 5.51. The fourth-order valence-electron chi connectivity index (χ4n) is 4.41. The lowest BCUT2D eigenvalue weighted by Gasteiger charge is -2.32. The third kappa shape index (κ3) is 3.81. The predicted molar refractivity (Wildman–Crippen MR) is 110 cm³/mol. The van der Waals surface area contributed by atoms with Crippen molar-refractivity contribution in [1.82, 2.24) is 9.88 Å². The maximum atomic E-state index is 12.5. The van der Waals surface area contributed by atoms with Gasteiger partial charge < -0.3 is 5.32 Å². The van der Waals surface area contributed by atoms with Crippen molar-refractivity contribution >= 4 is 43.8 Å². The van der Waals surface area contributed by atoms with Gasteiger partial charge in [0.1, 0.15) is 4.90 Å². The van der Waals surface area contributed by atoms with Crippen molar-refractivity contribution < 1.29 is 8.42 Å². The van der Waals surface area contributed by atoms with Crippen LogP contribution in [-0.2, 0) is 10.0 Å². The van der Waals surface area contributed by atoms with Crippen LogP contribution < -0.4 is 10.0 Å². The number of anilines is 2. The number of aromatic nitrogens is 1. The van der Waals surface area contributed by atoms with Gasteiger partial charge in [0.2, 0.25) is 0 Å². The van der Waals surface area contributed by atoms with E-state index in [1.807, 2.05) is 0 Å². The Balaban J connectivity index is 1.47. The molecule has 0 unspecified atom stereocenters. The summed E-state index contributed by atoms with van der Waals surface area (Å²) in [5, 5.41) is 5.72. The van der Waals surface area contributed by atoms with Crippen LogP contribution in [-0.4, -0.2) is 43.5 Å². The molecule has 2 aliphatic rings. The molecule has 2 aromatic rings. The summed E-state index contributed by atoms with van der Waals surface area (Å²) in [7, 11) is -3.75. The number of benzene rings is 1. The minimum absolute atomic E-state index is 0.0556. The Hall–Kier alpha value is -1.35. The SMILES string of the molecule is C[C@H]1CN2CCC[C@@]2(CNc2ccc(S(=O)(=O)Nc3nccs3)c(Cl)c2)C1. The van der Waals surface area contributed by atoms with E-state index in [0.717, 1.165) is 18.2 Å². The van der Waals surface area contributed by atoms with Crippen molar-refractivity contribution in [3.63, 3.8) is 0 Å². The number of hydrogen-bond donors (Lipinski definition) is 2. The average molecular weight is 427 g/mol. The maximum Gasteiger partial charge on any atom is 0.265 e. The number of nitrogens with zero attached hydrogens (tertiary/aromatic N) is 2. The minimum Gasteiger partial charge on any atom is -0.383 e. The number of halogens is 1. The smallest absolute Gasteiger partial charge is 0.265 e. The standard InChI is InChI=1S/C18H23ClN4O2S2/c1-13-10-18(5-2-7-23(18)11-13)12-21-14-3-4-16(15(19)9-14)27(24,25)22-17-20-6-8-26-17/h3-4,6,8-9,13,21H,2,5,7,10-12H2,1H3,(H,20,22)/t13-,18+/m1/s1. The van der Waals surface area contributed by atoms with Crippen molar-refractivity contribution in [3.8, 4) is 0 Å². The van der Waals surface area contributed by atoms with Gasteiger partial charge in [-0.2, -0.15) is 0 Å². The van der Waals surface area contributed by atoms with Crippen LogP contribution in [0.5, 0.6) is 0 Å². The Kier molecular flexibility index (Phi) is 5.09. The van der Waals surface area contributed by atoms with Crippen molar-refractivity contribution in [2.45, 2.75) is 36.6 Å². The molecule has 2 N–H and O–H groups in total. The van der Waals surface area contributed by atoms with Crippen molar-refractivity contribution in [2.24, 2.45) is 5.92 Å². The minimum atomic E-state index is -3.75. The highest BCUT2D eigenvalue weighted by Crippen LogP contribution is 2.41. The number of hydrogen-bond acceptors (Lipinski definition) is 6. The van der Waals surface area contributed by atoms with E-state index >= 15 is 0 Å². The van der Waals surface area contributed by atoms with Gasteiger partial charge in [0.25, 0.3) is 10.0 Å². The summed E-state index contributed by atoms with van der Waals surface area (Å²) in [5.74, 6) is 0.722. The Morgan fingerprint density at radius 1 is 1.44 bits per heavy atom. The Labute approximate surface area is 169 Å². The maximum absolute atomic E-state index is 12.5. The summed E-state index contributed by atoms with van der Waals surface area (Å²) >= 11 is 7.52. The van der Waals surface area contributed by atoms with Crippen LogP contribution in [0, 0.1) is 5.92 Å². The lowest BCUT2D eigenvalue weighted by Crippen LogP contribution is -2.44. The van der Waals surface area contributed by atoms with Crippen LogP contribution in [0.25, 0.3) is 0 Å². The average Bonchev–Trinajstić information content (AvgIpc) is 3.28. The highest BCUT2D eigenvalue weighted by molar-refractivity contribution is 7.93. The first-order valence-corrected chi connectivity index (χ1v) is 11.8. The normalized spacial score (nSPS) is 25.5. The summed E-state index contributed by atoms with van der Waals surface area (Å²) in [5.41, 5.74) is 1.07. The zero-order chi connectivity index (χ0) is 19.1. The topological polar surface area (TPSA) is 74.3 Å². The molecule has 9 heteroatoms. The summed E-state index contributed by atoms with van der Waals surface area (Å²) in [4.78, 5) is 6.61. The monoisotopic (exact) mass is 426 g/mol. The van der Waals surface area contributed by atoms with Gasteiger partial charge >= 0.3 is 0 Å². The van der Waals surface area contributed by atoms with E-state index < -0.39 is 10.0 Å². The van der Waals surface area contributed by atoms with Crippen LogP contribution in [0.4, 0.5) is 10.8 Å². The van der Waals surface area contributed by atoms with Gasteiger partial charge in [-0.05, 0) is 49.9 Å². The van der Waals surface area contributed by atoms with Gasteiger partial charge in [0.15, 0.2) is 5.13 Å². The molecule has 2 aliphatic heterocycles. The second kappa shape index (κ2) is 7.24. The molecular weight excluding hydrogens is 404 g/mol. The molecule has 4 rings (SSSR count). The molecule has 1 aromatic carbocycles. The second-order valence-corrected chi connectivity index (χ2v) is 10.5. The molecule has 1 aromatic heterocycles. The van der Waals surface area contributed by atoms with Gasteiger partial charge in [-0.25, -0.2) is 13.4 Å². The van der Waals surface area contributed by atoms with Gasteiger partial charge in [-0.1, -0.05) is 18.5 Å². The molecule has 0 spiro atoms. The van der Waals surface area contributed by atoms with E-state index in [4.69, 9.17) is 11.6 Å². The Morgan fingerprint density at radius 2 is 2.30 bits per heavy atom. The molecular formula is C18H23ClN4O2S2. The van der Waals surface area contributed by atoms with Crippen LogP contribution in [0.3, 0.4) is 0 Å². The van der Waals surface area contributed by atoms with E-state index in [1.54, 1.807) is 29.8 Å². The van der Waals surface area contributed by atoms with Gasteiger partial charge in [-0.15, -0.1) is 11.3 Å². The quantitative estimate of drug-likeness (QED) is 0.733. The molecule has 2 atom stereocenters. The summed E-state index contributed by atoms with van der Waals surface area (Å²) in [6.07, 6.45) is 5.21. The first-order valence-electron chi connectivity index (χ1n) is 9.09. The molecule has 27 heavy (non-hydrogen) atoms. The van der Waals surface area contributed by atoms with Crippen LogP contribution in [0.15, 0.2) is 34.7 Å². The number of fused-ring (bicyclic) bond motifs is 1. The van der Waals surface area contributed by atoms with Crippen LogP contribution in [0.2, 0.25) is 5.02 Å². The molecule has 2 fully saturated rings. The van der Waals surface area contributed by atoms with Crippen molar-refractivity contribution in [3.05, 3.63) is 34.8 Å². The Bertz CT molecular complexity index is 919. The molecule has 6 nitrogen and oxygen atoms in total. The van der Waals surface area contributed by atoms with Gasteiger partial charge in [0.05, 0.1) is 5.02 Å². The van der Waals surface area contributed by atoms with Crippen molar-refractivity contribution in [1.29, 1.82) is 0 Å². The molecule has 0 aliphatic carbocycles. The molecule has 0 bridgehead atoms. The molecule has 0 amide bonds. The fourth-order valence-corrected chi connectivity index (χ4v) is 6.75. The summed E-state index contributed by atoms with van der Waals surface area (Å²) in [6, 6.07) is 5.00. The second-order valence-electron chi connectivity index (χ2n) is 7.52. The zero-order valence-corrected chi connectivity index (χ0v) is 17.5. The van der Waals surface area contributed by atoms with Crippen LogP contribution in [0.1, 0.15) is 26.2 Å². The summed E-state index contributed by atoms with van der Waals surface area (Å²) < 4.78 is 27.5.